The molecule has 1 amide bonds. The standard InChI is InChI=1S/C22H21FN4O2/c23-18-4-2-1-3-17(18)22(29)26-11-19-21(20(12-28)27-19)15-7-5-14(6-8-15)16-9-24-13-25-10-16/h1-10,13,19-21,27-28H,11-12H2,(H,26,29)/t19-,20-,21-/m1/s1. The van der Waals surface area contributed by atoms with Crippen LogP contribution in [0.15, 0.2) is 67.3 Å². The van der Waals surface area contributed by atoms with Crippen LogP contribution >= 0.6 is 0 Å². The Labute approximate surface area is 167 Å². The van der Waals surface area contributed by atoms with Crippen LogP contribution in [0.25, 0.3) is 11.1 Å². The minimum absolute atomic E-state index is 0.00327. The largest absolute Gasteiger partial charge is 0.395 e. The summed E-state index contributed by atoms with van der Waals surface area (Å²) in [6.07, 6.45) is 5.00. The maximum Gasteiger partial charge on any atom is 0.254 e. The lowest BCUT2D eigenvalue weighted by Gasteiger charge is -2.46. The number of nitrogens with one attached hydrogen (secondary N) is 2. The molecule has 0 bridgehead atoms. The molecule has 6 nitrogen and oxygen atoms in total. The second kappa shape index (κ2) is 8.46. The van der Waals surface area contributed by atoms with E-state index in [-0.39, 0.29) is 30.2 Å². The van der Waals surface area contributed by atoms with Crippen LogP contribution in [0.2, 0.25) is 0 Å². The highest BCUT2D eigenvalue weighted by Crippen LogP contribution is 2.33. The van der Waals surface area contributed by atoms with Crippen molar-refractivity contribution in [1.82, 2.24) is 20.6 Å². The quantitative estimate of drug-likeness (QED) is 0.598. The molecule has 4 rings (SSSR count). The van der Waals surface area contributed by atoms with Gasteiger partial charge in [0.1, 0.15) is 12.1 Å². The second-order valence-corrected chi connectivity index (χ2v) is 7.03. The highest BCUT2D eigenvalue weighted by molar-refractivity contribution is 5.94. The van der Waals surface area contributed by atoms with Crippen LogP contribution in [-0.4, -0.2) is 46.2 Å². The van der Waals surface area contributed by atoms with Gasteiger partial charge in [0.05, 0.1) is 12.2 Å². The molecule has 3 N–H and O–H groups in total. The number of rotatable bonds is 6. The highest BCUT2D eigenvalue weighted by atomic mass is 19.1. The summed E-state index contributed by atoms with van der Waals surface area (Å²) in [5.74, 6) is -0.950. The number of aromatic nitrogens is 2. The number of benzene rings is 2. The number of hydrogen-bond acceptors (Lipinski definition) is 5. The molecular formula is C22H21FN4O2. The van der Waals surface area contributed by atoms with E-state index < -0.39 is 11.7 Å². The molecule has 1 saturated heterocycles. The summed E-state index contributed by atoms with van der Waals surface area (Å²) in [5, 5.41) is 15.7. The van der Waals surface area contributed by atoms with Crippen molar-refractivity contribution in [2.75, 3.05) is 13.2 Å². The Kier molecular flexibility index (Phi) is 5.59. The molecule has 3 atom stereocenters. The van der Waals surface area contributed by atoms with Gasteiger partial charge in [-0.25, -0.2) is 14.4 Å². The first kappa shape index (κ1) is 19.2. The Hall–Kier alpha value is -3.16. The fourth-order valence-electron chi connectivity index (χ4n) is 3.75. The Morgan fingerprint density at radius 2 is 1.76 bits per heavy atom. The van der Waals surface area contributed by atoms with Crippen LogP contribution < -0.4 is 10.6 Å². The normalized spacial score (nSPS) is 20.7. The molecule has 1 aromatic heterocycles. The molecule has 0 radical (unpaired) electrons. The predicted octanol–water partition coefficient (Wildman–Crippen LogP) is 2.13. The molecule has 29 heavy (non-hydrogen) atoms. The Morgan fingerprint density at radius 3 is 2.45 bits per heavy atom. The smallest absolute Gasteiger partial charge is 0.254 e. The minimum Gasteiger partial charge on any atom is -0.395 e. The first-order chi connectivity index (χ1) is 14.2. The van der Waals surface area contributed by atoms with Crippen LogP contribution in [0.4, 0.5) is 4.39 Å². The number of aliphatic hydroxyl groups is 1. The lowest BCUT2D eigenvalue weighted by molar-refractivity contribution is 0.0906. The van der Waals surface area contributed by atoms with Crippen molar-refractivity contribution in [1.29, 1.82) is 0 Å². The fraction of sp³-hybridized carbons (Fsp3) is 0.227. The number of aliphatic hydroxyl groups excluding tert-OH is 1. The van der Waals surface area contributed by atoms with Gasteiger partial charge in [0.25, 0.3) is 5.91 Å². The highest BCUT2D eigenvalue weighted by Gasteiger charge is 2.40. The molecule has 2 heterocycles. The van der Waals surface area contributed by atoms with Gasteiger partial charge >= 0.3 is 0 Å². The summed E-state index contributed by atoms with van der Waals surface area (Å²) < 4.78 is 13.8. The second-order valence-electron chi connectivity index (χ2n) is 7.03. The van der Waals surface area contributed by atoms with Gasteiger partial charge in [0.2, 0.25) is 0 Å². The molecule has 0 saturated carbocycles. The molecule has 1 fully saturated rings. The minimum atomic E-state index is -0.545. The van der Waals surface area contributed by atoms with E-state index in [1.54, 1.807) is 24.5 Å². The summed E-state index contributed by atoms with van der Waals surface area (Å²) in [7, 11) is 0. The maximum atomic E-state index is 13.8. The molecule has 1 aliphatic rings. The number of hydrogen-bond donors (Lipinski definition) is 3. The van der Waals surface area contributed by atoms with Gasteiger partial charge in [0.15, 0.2) is 0 Å². The third kappa shape index (κ3) is 4.01. The SMILES string of the molecule is O=C(NC[C@H]1N[C@H](CO)[C@@H]1c1ccc(-c2cncnc2)cc1)c1ccccc1F. The molecule has 3 aromatic rings. The average molecular weight is 392 g/mol. The molecule has 0 aliphatic carbocycles. The van der Waals surface area contributed by atoms with Crippen molar-refractivity contribution in [3.63, 3.8) is 0 Å². The van der Waals surface area contributed by atoms with Crippen molar-refractivity contribution in [3.05, 3.63) is 84.2 Å². The van der Waals surface area contributed by atoms with E-state index in [0.717, 1.165) is 16.7 Å². The summed E-state index contributed by atoms with van der Waals surface area (Å²) >= 11 is 0. The number of halogens is 1. The van der Waals surface area contributed by atoms with E-state index in [2.05, 4.69) is 20.6 Å². The summed E-state index contributed by atoms with van der Waals surface area (Å²) in [6.45, 7) is 0.333. The van der Waals surface area contributed by atoms with Gasteiger partial charge in [-0.1, -0.05) is 36.4 Å². The summed E-state index contributed by atoms with van der Waals surface area (Å²) in [5.41, 5.74) is 3.02. The predicted molar refractivity (Wildman–Crippen MR) is 107 cm³/mol. The van der Waals surface area contributed by atoms with Gasteiger partial charge in [-0.05, 0) is 23.3 Å². The van der Waals surface area contributed by atoms with Crippen LogP contribution in [0.5, 0.6) is 0 Å². The zero-order chi connectivity index (χ0) is 20.2. The lowest BCUT2D eigenvalue weighted by Crippen LogP contribution is -2.64. The van der Waals surface area contributed by atoms with Crippen LogP contribution in [0.3, 0.4) is 0 Å². The van der Waals surface area contributed by atoms with E-state index in [1.807, 2.05) is 24.3 Å². The van der Waals surface area contributed by atoms with Crippen LogP contribution in [-0.2, 0) is 0 Å². The van der Waals surface area contributed by atoms with Crippen molar-refractivity contribution in [2.45, 2.75) is 18.0 Å². The van der Waals surface area contributed by atoms with E-state index in [0.29, 0.717) is 6.54 Å². The van der Waals surface area contributed by atoms with Crippen molar-refractivity contribution in [3.8, 4) is 11.1 Å². The van der Waals surface area contributed by atoms with Crippen molar-refractivity contribution in [2.24, 2.45) is 0 Å². The van der Waals surface area contributed by atoms with Gasteiger partial charge in [-0.15, -0.1) is 0 Å². The zero-order valence-electron chi connectivity index (χ0n) is 15.6. The van der Waals surface area contributed by atoms with Crippen molar-refractivity contribution >= 4 is 5.91 Å². The monoisotopic (exact) mass is 392 g/mol. The summed E-state index contributed by atoms with van der Waals surface area (Å²) in [6, 6.07) is 13.8. The number of nitrogens with zero attached hydrogens (tertiary/aromatic N) is 2. The third-order valence-corrected chi connectivity index (χ3v) is 5.28. The van der Waals surface area contributed by atoms with Crippen molar-refractivity contribution < 1.29 is 14.3 Å². The molecular weight excluding hydrogens is 371 g/mol. The first-order valence-corrected chi connectivity index (χ1v) is 9.42. The maximum absolute atomic E-state index is 13.8. The lowest BCUT2D eigenvalue weighted by atomic mass is 9.77. The zero-order valence-corrected chi connectivity index (χ0v) is 15.6. The average Bonchev–Trinajstić information content (AvgIpc) is 2.74. The van der Waals surface area contributed by atoms with E-state index in [9.17, 15) is 14.3 Å². The van der Waals surface area contributed by atoms with E-state index >= 15 is 0 Å². The third-order valence-electron chi connectivity index (χ3n) is 5.28. The van der Waals surface area contributed by atoms with Gasteiger partial charge in [-0.3, -0.25) is 4.79 Å². The number of carbonyl (C=O) groups excluding carboxylic acids is 1. The van der Waals surface area contributed by atoms with Gasteiger partial charge in [-0.2, -0.15) is 0 Å². The Morgan fingerprint density at radius 1 is 1.03 bits per heavy atom. The van der Waals surface area contributed by atoms with E-state index in [4.69, 9.17) is 0 Å². The van der Waals surface area contributed by atoms with Gasteiger partial charge < -0.3 is 15.7 Å². The van der Waals surface area contributed by atoms with E-state index in [1.165, 1.54) is 18.5 Å². The number of carbonyl (C=O) groups is 1. The molecule has 148 valence electrons. The molecule has 7 heteroatoms. The topological polar surface area (TPSA) is 87.1 Å². The van der Waals surface area contributed by atoms with Crippen LogP contribution in [0, 0.1) is 5.82 Å². The number of amides is 1. The molecule has 0 spiro atoms. The Balaban J connectivity index is 1.44. The fourth-order valence-corrected chi connectivity index (χ4v) is 3.75. The molecule has 1 aliphatic heterocycles. The molecule has 2 aromatic carbocycles. The Bertz CT molecular complexity index is 982. The summed E-state index contributed by atoms with van der Waals surface area (Å²) in [4.78, 5) is 20.3. The van der Waals surface area contributed by atoms with Crippen LogP contribution in [0.1, 0.15) is 21.8 Å². The van der Waals surface area contributed by atoms with Gasteiger partial charge in [0, 0.05) is 42.5 Å². The first-order valence-electron chi connectivity index (χ1n) is 9.42. The molecule has 0 unspecified atom stereocenters.